The first-order valence-electron chi connectivity index (χ1n) is 7.24. The predicted octanol–water partition coefficient (Wildman–Crippen LogP) is 2.95. The maximum absolute atomic E-state index is 12.1. The molecule has 1 N–H and O–H groups in total. The Labute approximate surface area is 136 Å². The zero-order chi connectivity index (χ0) is 16.9. The number of benzene rings is 2. The number of aryl methyl sites for hydroxylation is 1. The molecule has 2 rings (SSSR count). The van der Waals surface area contributed by atoms with Gasteiger partial charge in [-0.1, -0.05) is 54.6 Å². The Bertz CT molecular complexity index is 794. The third-order valence-corrected chi connectivity index (χ3v) is 4.91. The van der Waals surface area contributed by atoms with Crippen LogP contribution in [0.2, 0.25) is 0 Å². The van der Waals surface area contributed by atoms with Gasteiger partial charge >= 0.3 is 0 Å². The summed E-state index contributed by atoms with van der Waals surface area (Å²) in [6, 6.07) is 15.7. The van der Waals surface area contributed by atoms with Crippen molar-refractivity contribution in [3.05, 3.63) is 72.3 Å². The van der Waals surface area contributed by atoms with Gasteiger partial charge in [0, 0.05) is 18.5 Å². The van der Waals surface area contributed by atoms with Gasteiger partial charge in [-0.15, -0.1) is 0 Å². The highest BCUT2D eigenvalue weighted by Gasteiger charge is 2.15. The van der Waals surface area contributed by atoms with Gasteiger partial charge < -0.3 is 0 Å². The molecular weight excluding hydrogens is 310 g/mol. The van der Waals surface area contributed by atoms with E-state index in [0.29, 0.717) is 5.57 Å². The standard InChI is InChI=1S/C18H19NO3S/c1-14-8-10-17(11-9-14)23(21,22)19-13-12-18(20)15(2)16-6-4-3-5-7-16/h3-11,19H,2,12-13H2,1H3. The van der Waals surface area contributed by atoms with Gasteiger partial charge in [-0.3, -0.25) is 4.79 Å². The lowest BCUT2D eigenvalue weighted by Crippen LogP contribution is -2.26. The Morgan fingerprint density at radius 3 is 2.26 bits per heavy atom. The molecule has 2 aromatic carbocycles. The second-order valence-electron chi connectivity index (χ2n) is 5.23. The molecule has 0 spiro atoms. The highest BCUT2D eigenvalue weighted by Crippen LogP contribution is 2.14. The highest BCUT2D eigenvalue weighted by molar-refractivity contribution is 7.89. The lowest BCUT2D eigenvalue weighted by molar-refractivity contribution is -0.113. The number of nitrogens with one attached hydrogen (secondary N) is 1. The minimum absolute atomic E-state index is 0.0426. The molecule has 5 heteroatoms. The van der Waals surface area contributed by atoms with Crippen LogP contribution in [-0.2, 0) is 14.8 Å². The van der Waals surface area contributed by atoms with Crippen molar-refractivity contribution in [2.45, 2.75) is 18.2 Å². The number of ketones is 1. The smallest absolute Gasteiger partial charge is 0.240 e. The van der Waals surface area contributed by atoms with Crippen LogP contribution in [0.15, 0.2) is 66.1 Å². The van der Waals surface area contributed by atoms with Gasteiger partial charge in [0.15, 0.2) is 5.78 Å². The van der Waals surface area contributed by atoms with E-state index in [1.165, 1.54) is 0 Å². The number of hydrogen-bond acceptors (Lipinski definition) is 3. The third kappa shape index (κ3) is 4.61. The van der Waals surface area contributed by atoms with E-state index in [4.69, 9.17) is 0 Å². The van der Waals surface area contributed by atoms with Crippen LogP contribution in [0.4, 0.5) is 0 Å². The first kappa shape index (κ1) is 17.1. The predicted molar refractivity (Wildman–Crippen MR) is 91.5 cm³/mol. The molecule has 0 saturated heterocycles. The Morgan fingerprint density at radius 2 is 1.65 bits per heavy atom. The number of allylic oxidation sites excluding steroid dienone is 1. The summed E-state index contributed by atoms with van der Waals surface area (Å²) in [5, 5.41) is 0. The molecule has 0 amide bonds. The fourth-order valence-corrected chi connectivity index (χ4v) is 3.08. The van der Waals surface area contributed by atoms with Crippen LogP contribution in [0.1, 0.15) is 17.5 Å². The van der Waals surface area contributed by atoms with Crippen LogP contribution in [0.25, 0.3) is 5.57 Å². The van der Waals surface area contributed by atoms with Crippen molar-refractivity contribution in [3.63, 3.8) is 0 Å². The molecule has 4 nitrogen and oxygen atoms in total. The summed E-state index contributed by atoms with van der Waals surface area (Å²) >= 11 is 0. The van der Waals surface area contributed by atoms with Gasteiger partial charge in [-0.25, -0.2) is 13.1 Å². The fourth-order valence-electron chi connectivity index (χ4n) is 2.05. The number of sulfonamides is 1. The van der Waals surface area contributed by atoms with Crippen LogP contribution in [0.5, 0.6) is 0 Å². The van der Waals surface area contributed by atoms with Crippen molar-refractivity contribution < 1.29 is 13.2 Å². The second kappa shape index (κ2) is 7.35. The summed E-state index contributed by atoms with van der Waals surface area (Å²) < 4.78 is 26.7. The largest absolute Gasteiger partial charge is 0.294 e. The van der Waals surface area contributed by atoms with Gasteiger partial charge in [-0.05, 0) is 24.6 Å². The van der Waals surface area contributed by atoms with Crippen LogP contribution >= 0.6 is 0 Å². The Kier molecular flexibility index (Phi) is 5.47. The summed E-state index contributed by atoms with van der Waals surface area (Å²) in [5.74, 6) is -0.178. The average molecular weight is 329 g/mol. The Balaban J connectivity index is 1.92. The first-order chi connectivity index (χ1) is 10.9. The minimum Gasteiger partial charge on any atom is -0.294 e. The molecule has 2 aromatic rings. The van der Waals surface area contributed by atoms with Crippen molar-refractivity contribution >= 4 is 21.4 Å². The van der Waals surface area contributed by atoms with E-state index in [1.807, 2.05) is 25.1 Å². The summed E-state index contributed by atoms with van der Waals surface area (Å²) in [7, 11) is -3.59. The summed E-state index contributed by atoms with van der Waals surface area (Å²) in [6.07, 6.45) is 0.0683. The van der Waals surface area contributed by atoms with E-state index in [-0.39, 0.29) is 23.6 Å². The molecule has 120 valence electrons. The second-order valence-corrected chi connectivity index (χ2v) is 7.00. The molecule has 0 bridgehead atoms. The molecule has 0 aliphatic heterocycles. The van der Waals surface area contributed by atoms with E-state index in [9.17, 15) is 13.2 Å². The number of carbonyl (C=O) groups excluding carboxylic acids is 1. The summed E-state index contributed by atoms with van der Waals surface area (Å²) in [4.78, 5) is 12.3. The number of carbonyl (C=O) groups is 1. The van der Waals surface area contributed by atoms with E-state index in [0.717, 1.165) is 11.1 Å². The van der Waals surface area contributed by atoms with Gasteiger partial charge in [-0.2, -0.15) is 0 Å². The number of Topliss-reactive ketones (excluding diaryl/α,β-unsaturated/α-hetero) is 1. The van der Waals surface area contributed by atoms with Crippen molar-refractivity contribution in [2.75, 3.05) is 6.54 Å². The highest BCUT2D eigenvalue weighted by atomic mass is 32.2. The number of hydrogen-bond donors (Lipinski definition) is 1. The fraction of sp³-hybridized carbons (Fsp3) is 0.167. The normalized spacial score (nSPS) is 11.2. The van der Waals surface area contributed by atoms with Crippen LogP contribution < -0.4 is 4.72 Å². The van der Waals surface area contributed by atoms with Gasteiger partial charge in [0.1, 0.15) is 0 Å². The van der Waals surface area contributed by atoms with E-state index >= 15 is 0 Å². The molecular formula is C18H19NO3S. The summed E-state index contributed by atoms with van der Waals surface area (Å²) in [6.45, 7) is 5.71. The molecule has 0 fully saturated rings. The lowest BCUT2D eigenvalue weighted by Gasteiger charge is -2.08. The molecule has 0 atom stereocenters. The Hall–Kier alpha value is -2.24. The third-order valence-electron chi connectivity index (χ3n) is 3.43. The molecule has 0 aliphatic carbocycles. The summed E-state index contributed by atoms with van der Waals surface area (Å²) in [5.41, 5.74) is 2.12. The van der Waals surface area contributed by atoms with Crippen molar-refractivity contribution in [3.8, 4) is 0 Å². The zero-order valence-corrected chi connectivity index (χ0v) is 13.8. The van der Waals surface area contributed by atoms with Gasteiger partial charge in [0.05, 0.1) is 4.90 Å². The quantitative estimate of drug-likeness (QED) is 0.794. The molecule has 0 aromatic heterocycles. The minimum atomic E-state index is -3.59. The monoisotopic (exact) mass is 329 g/mol. The molecule has 0 aliphatic rings. The van der Waals surface area contributed by atoms with Crippen LogP contribution in [0, 0.1) is 6.92 Å². The van der Waals surface area contributed by atoms with Gasteiger partial charge in [0.25, 0.3) is 0 Å². The maximum atomic E-state index is 12.1. The van der Waals surface area contributed by atoms with Gasteiger partial charge in [0.2, 0.25) is 10.0 Å². The Morgan fingerprint density at radius 1 is 1.04 bits per heavy atom. The van der Waals surface area contributed by atoms with E-state index < -0.39 is 10.0 Å². The van der Waals surface area contributed by atoms with E-state index in [1.54, 1.807) is 36.4 Å². The molecule has 0 saturated carbocycles. The molecule has 0 radical (unpaired) electrons. The van der Waals surface area contributed by atoms with E-state index in [2.05, 4.69) is 11.3 Å². The topological polar surface area (TPSA) is 63.2 Å². The average Bonchev–Trinajstić information content (AvgIpc) is 2.55. The van der Waals surface area contributed by atoms with Crippen LogP contribution in [-0.4, -0.2) is 20.7 Å². The molecule has 23 heavy (non-hydrogen) atoms. The number of rotatable bonds is 7. The van der Waals surface area contributed by atoms with Crippen molar-refractivity contribution in [1.29, 1.82) is 0 Å². The van der Waals surface area contributed by atoms with Crippen LogP contribution in [0.3, 0.4) is 0 Å². The zero-order valence-electron chi connectivity index (χ0n) is 13.0. The lowest BCUT2D eigenvalue weighted by atomic mass is 10.0. The first-order valence-corrected chi connectivity index (χ1v) is 8.72. The SMILES string of the molecule is C=C(C(=O)CCNS(=O)(=O)c1ccc(C)cc1)c1ccccc1. The molecule has 0 heterocycles. The maximum Gasteiger partial charge on any atom is 0.240 e. The van der Waals surface area contributed by atoms with Crippen molar-refractivity contribution in [1.82, 2.24) is 4.72 Å². The molecule has 0 unspecified atom stereocenters. The van der Waals surface area contributed by atoms with Crippen molar-refractivity contribution in [2.24, 2.45) is 0 Å².